The van der Waals surface area contributed by atoms with E-state index in [4.69, 9.17) is 9.47 Å². The molecule has 17 heavy (non-hydrogen) atoms. The standard InChI is InChI=1S/C14H21NO2/c1-3-6-13-7-4-5-8-14(13)17-12-10-15-9-11-16-2/h3-5,7-8,15H,1,6,9-12H2,2H3/p+1. The van der Waals surface area contributed by atoms with E-state index in [0.717, 1.165) is 38.5 Å². The zero-order valence-corrected chi connectivity index (χ0v) is 10.5. The molecule has 0 radical (unpaired) electrons. The van der Waals surface area contributed by atoms with Gasteiger partial charge < -0.3 is 14.8 Å². The van der Waals surface area contributed by atoms with E-state index in [-0.39, 0.29) is 0 Å². The fraction of sp³-hybridized carbons (Fsp3) is 0.429. The van der Waals surface area contributed by atoms with Gasteiger partial charge in [-0.05, 0) is 18.1 Å². The van der Waals surface area contributed by atoms with E-state index in [2.05, 4.69) is 18.0 Å². The highest BCUT2D eigenvalue weighted by Crippen LogP contribution is 2.18. The molecule has 0 aliphatic heterocycles. The summed E-state index contributed by atoms with van der Waals surface area (Å²) in [4.78, 5) is 0. The van der Waals surface area contributed by atoms with Gasteiger partial charge in [0.2, 0.25) is 0 Å². The Labute approximate surface area is 103 Å². The van der Waals surface area contributed by atoms with Crippen molar-refractivity contribution in [3.8, 4) is 5.75 Å². The minimum atomic E-state index is 0.720. The fourth-order valence-corrected chi connectivity index (χ4v) is 1.57. The molecule has 0 bridgehead atoms. The maximum Gasteiger partial charge on any atom is 0.137 e. The van der Waals surface area contributed by atoms with E-state index < -0.39 is 0 Å². The first-order chi connectivity index (χ1) is 8.38. The van der Waals surface area contributed by atoms with Crippen LogP contribution in [0.3, 0.4) is 0 Å². The van der Waals surface area contributed by atoms with E-state index in [1.54, 1.807) is 7.11 Å². The van der Waals surface area contributed by atoms with Crippen molar-refractivity contribution in [2.45, 2.75) is 6.42 Å². The highest BCUT2D eigenvalue weighted by Gasteiger charge is 2.01. The molecule has 0 atom stereocenters. The Hall–Kier alpha value is -1.32. The maximum absolute atomic E-state index is 5.75. The third-order valence-corrected chi connectivity index (χ3v) is 2.44. The van der Waals surface area contributed by atoms with E-state index >= 15 is 0 Å². The van der Waals surface area contributed by atoms with Gasteiger partial charge in [0.25, 0.3) is 0 Å². The van der Waals surface area contributed by atoms with E-state index in [1.807, 2.05) is 24.3 Å². The molecule has 0 saturated carbocycles. The van der Waals surface area contributed by atoms with Crippen LogP contribution in [0.5, 0.6) is 5.75 Å². The Morgan fingerprint density at radius 2 is 2.00 bits per heavy atom. The average molecular weight is 236 g/mol. The number of nitrogens with two attached hydrogens (primary N) is 1. The summed E-state index contributed by atoms with van der Waals surface area (Å²) in [6, 6.07) is 8.10. The van der Waals surface area contributed by atoms with Gasteiger partial charge in [-0.3, -0.25) is 0 Å². The van der Waals surface area contributed by atoms with Crippen LogP contribution in [0, 0.1) is 0 Å². The molecule has 0 aliphatic carbocycles. The summed E-state index contributed by atoms with van der Waals surface area (Å²) in [7, 11) is 1.72. The lowest BCUT2D eigenvalue weighted by atomic mass is 10.1. The summed E-state index contributed by atoms with van der Waals surface area (Å²) in [5.74, 6) is 0.965. The van der Waals surface area contributed by atoms with Gasteiger partial charge >= 0.3 is 0 Å². The van der Waals surface area contributed by atoms with Crippen LogP contribution < -0.4 is 10.1 Å². The lowest BCUT2D eigenvalue weighted by molar-refractivity contribution is -0.656. The van der Waals surface area contributed by atoms with Gasteiger partial charge in [0.15, 0.2) is 0 Å². The zero-order chi connectivity index (χ0) is 12.3. The van der Waals surface area contributed by atoms with Gasteiger partial charge in [-0.25, -0.2) is 0 Å². The number of benzene rings is 1. The van der Waals surface area contributed by atoms with Gasteiger partial charge in [0, 0.05) is 7.11 Å². The lowest BCUT2D eigenvalue weighted by Crippen LogP contribution is -2.86. The molecular formula is C14H22NO2+. The summed E-state index contributed by atoms with van der Waals surface area (Å²) < 4.78 is 10.7. The molecule has 0 fully saturated rings. The third kappa shape index (κ3) is 5.52. The molecule has 3 nitrogen and oxygen atoms in total. The fourth-order valence-electron chi connectivity index (χ4n) is 1.57. The van der Waals surface area contributed by atoms with Crippen molar-refractivity contribution in [3.63, 3.8) is 0 Å². The summed E-state index contributed by atoms with van der Waals surface area (Å²) in [5.41, 5.74) is 1.19. The van der Waals surface area contributed by atoms with Crippen LogP contribution in [0.15, 0.2) is 36.9 Å². The highest BCUT2D eigenvalue weighted by atomic mass is 16.5. The smallest absolute Gasteiger partial charge is 0.137 e. The Morgan fingerprint density at radius 3 is 2.76 bits per heavy atom. The maximum atomic E-state index is 5.75. The van der Waals surface area contributed by atoms with E-state index in [9.17, 15) is 0 Å². The molecule has 0 amide bonds. The SMILES string of the molecule is C=CCc1ccccc1OCC[NH2+]CCOC. The minimum absolute atomic E-state index is 0.720. The largest absolute Gasteiger partial charge is 0.487 e. The van der Waals surface area contributed by atoms with Crippen molar-refractivity contribution in [2.75, 3.05) is 33.4 Å². The summed E-state index contributed by atoms with van der Waals surface area (Å²) in [6.45, 7) is 7.19. The molecule has 0 heterocycles. The van der Waals surface area contributed by atoms with Crippen LogP contribution in [-0.2, 0) is 11.2 Å². The Morgan fingerprint density at radius 1 is 1.24 bits per heavy atom. The molecule has 0 saturated heterocycles. The lowest BCUT2D eigenvalue weighted by Gasteiger charge is -2.09. The molecule has 1 rings (SSSR count). The molecule has 3 heteroatoms. The normalized spacial score (nSPS) is 10.2. The first-order valence-electron chi connectivity index (χ1n) is 6.00. The third-order valence-electron chi connectivity index (χ3n) is 2.44. The van der Waals surface area contributed by atoms with Crippen LogP contribution in [0.2, 0.25) is 0 Å². The van der Waals surface area contributed by atoms with Crippen molar-refractivity contribution in [3.05, 3.63) is 42.5 Å². The van der Waals surface area contributed by atoms with Gasteiger partial charge in [-0.1, -0.05) is 24.3 Å². The number of allylic oxidation sites excluding steroid dienone is 1. The zero-order valence-electron chi connectivity index (χ0n) is 10.5. The Balaban J connectivity index is 2.28. The molecule has 0 aromatic heterocycles. The number of rotatable bonds is 9. The molecule has 94 valence electrons. The highest BCUT2D eigenvalue weighted by molar-refractivity contribution is 5.34. The van der Waals surface area contributed by atoms with Crippen molar-refractivity contribution in [1.82, 2.24) is 0 Å². The second-order valence-corrected chi connectivity index (χ2v) is 3.81. The minimum Gasteiger partial charge on any atom is -0.487 e. The number of hydrogen-bond donors (Lipinski definition) is 1. The number of methoxy groups -OCH3 is 1. The Bertz CT molecular complexity index is 326. The first kappa shape index (κ1) is 13.7. The van der Waals surface area contributed by atoms with Crippen LogP contribution >= 0.6 is 0 Å². The first-order valence-corrected chi connectivity index (χ1v) is 6.00. The number of ether oxygens (including phenoxy) is 2. The van der Waals surface area contributed by atoms with Gasteiger partial charge in [-0.2, -0.15) is 0 Å². The van der Waals surface area contributed by atoms with Crippen LogP contribution in [0.4, 0.5) is 0 Å². The molecular weight excluding hydrogens is 214 g/mol. The second kappa shape index (κ2) is 8.79. The van der Waals surface area contributed by atoms with Crippen molar-refractivity contribution in [1.29, 1.82) is 0 Å². The summed E-state index contributed by atoms with van der Waals surface area (Å²) >= 11 is 0. The van der Waals surface area contributed by atoms with Gasteiger partial charge in [-0.15, -0.1) is 6.58 Å². The van der Waals surface area contributed by atoms with E-state index in [1.165, 1.54) is 5.56 Å². The molecule has 1 aromatic rings. The molecule has 0 spiro atoms. The molecule has 0 aliphatic rings. The van der Waals surface area contributed by atoms with Crippen molar-refractivity contribution < 1.29 is 14.8 Å². The van der Waals surface area contributed by atoms with Crippen LogP contribution in [-0.4, -0.2) is 33.4 Å². The predicted octanol–water partition coefficient (Wildman–Crippen LogP) is 1.00. The quantitative estimate of drug-likeness (QED) is 0.513. The van der Waals surface area contributed by atoms with Crippen molar-refractivity contribution >= 4 is 0 Å². The van der Waals surface area contributed by atoms with Gasteiger partial charge in [0.05, 0.1) is 13.2 Å². The summed E-state index contributed by atoms with van der Waals surface area (Å²) in [5, 5.41) is 2.19. The van der Waals surface area contributed by atoms with Gasteiger partial charge in [0.1, 0.15) is 18.9 Å². The average Bonchev–Trinajstić information content (AvgIpc) is 2.36. The van der Waals surface area contributed by atoms with Crippen molar-refractivity contribution in [2.24, 2.45) is 0 Å². The number of quaternary nitrogens is 1. The monoisotopic (exact) mass is 236 g/mol. The summed E-state index contributed by atoms with van der Waals surface area (Å²) in [6.07, 6.45) is 2.75. The molecule has 1 aromatic carbocycles. The number of hydrogen-bond acceptors (Lipinski definition) is 2. The van der Waals surface area contributed by atoms with Crippen LogP contribution in [0.25, 0.3) is 0 Å². The number of para-hydroxylation sites is 1. The van der Waals surface area contributed by atoms with E-state index in [0.29, 0.717) is 0 Å². The molecule has 2 N–H and O–H groups in total. The van der Waals surface area contributed by atoms with Crippen LogP contribution in [0.1, 0.15) is 5.56 Å². The second-order valence-electron chi connectivity index (χ2n) is 3.81. The predicted molar refractivity (Wildman–Crippen MR) is 69.4 cm³/mol. The Kier molecular flexibility index (Phi) is 7.11. The topological polar surface area (TPSA) is 35.1 Å². The molecule has 0 unspecified atom stereocenters.